The van der Waals surface area contributed by atoms with E-state index in [0.717, 1.165) is 31.7 Å². The van der Waals surface area contributed by atoms with Crippen LogP contribution in [0.15, 0.2) is 36.8 Å². The van der Waals surface area contributed by atoms with Gasteiger partial charge in [0.25, 0.3) is 0 Å². The van der Waals surface area contributed by atoms with Gasteiger partial charge < -0.3 is 10.6 Å². The lowest BCUT2D eigenvalue weighted by atomic mass is 9.99. The van der Waals surface area contributed by atoms with Gasteiger partial charge in [0.15, 0.2) is 0 Å². The van der Waals surface area contributed by atoms with Gasteiger partial charge in [0.1, 0.15) is 11.6 Å². The Balaban J connectivity index is 1.49. The summed E-state index contributed by atoms with van der Waals surface area (Å²) >= 11 is 0. The van der Waals surface area contributed by atoms with E-state index in [-0.39, 0.29) is 5.82 Å². The summed E-state index contributed by atoms with van der Waals surface area (Å²) in [5.74, 6) is 0.371. The molecule has 0 unspecified atom stereocenters. The first kappa shape index (κ1) is 16.8. The molecular formula is C19H19FN8. The molecule has 1 aromatic carbocycles. The summed E-state index contributed by atoms with van der Waals surface area (Å²) in [6.07, 6.45) is 6.97. The third-order valence-electron chi connectivity index (χ3n) is 5.11. The fourth-order valence-corrected chi connectivity index (χ4v) is 3.69. The molecule has 4 aromatic rings. The van der Waals surface area contributed by atoms with Gasteiger partial charge in [0, 0.05) is 34.3 Å². The number of nitrogens with one attached hydrogen (secondary N) is 4. The average Bonchev–Trinajstić information content (AvgIpc) is 3.41. The van der Waals surface area contributed by atoms with Crippen LogP contribution >= 0.6 is 0 Å². The predicted molar refractivity (Wildman–Crippen MR) is 104 cm³/mol. The Morgan fingerprint density at radius 2 is 1.96 bits per heavy atom. The van der Waals surface area contributed by atoms with E-state index >= 15 is 0 Å². The molecule has 28 heavy (non-hydrogen) atoms. The Morgan fingerprint density at radius 1 is 1.07 bits per heavy atom. The Bertz CT molecular complexity index is 1080. The number of benzene rings is 1. The van der Waals surface area contributed by atoms with Crippen LogP contribution in [-0.2, 0) is 0 Å². The van der Waals surface area contributed by atoms with Crippen molar-refractivity contribution in [2.24, 2.45) is 0 Å². The lowest BCUT2D eigenvalue weighted by molar-refractivity contribution is 0.478. The molecule has 0 spiro atoms. The summed E-state index contributed by atoms with van der Waals surface area (Å²) < 4.78 is 14.9. The normalized spacial score (nSPS) is 15.2. The van der Waals surface area contributed by atoms with Crippen molar-refractivity contribution in [1.82, 2.24) is 35.9 Å². The van der Waals surface area contributed by atoms with E-state index in [2.05, 4.69) is 41.2 Å². The highest BCUT2D eigenvalue weighted by Crippen LogP contribution is 2.35. The van der Waals surface area contributed by atoms with Gasteiger partial charge in [-0.25, -0.2) is 4.39 Å². The Hall–Kier alpha value is -3.33. The summed E-state index contributed by atoms with van der Waals surface area (Å²) in [7, 11) is 0. The molecule has 0 atom stereocenters. The molecular weight excluding hydrogens is 359 g/mol. The van der Waals surface area contributed by atoms with E-state index in [4.69, 9.17) is 0 Å². The molecule has 4 N–H and O–H groups in total. The number of aromatic amines is 2. The molecule has 0 saturated carbocycles. The van der Waals surface area contributed by atoms with Crippen LogP contribution in [0.3, 0.4) is 0 Å². The van der Waals surface area contributed by atoms with Gasteiger partial charge in [-0.15, -0.1) is 10.2 Å². The van der Waals surface area contributed by atoms with E-state index in [9.17, 15) is 4.39 Å². The maximum absolute atomic E-state index is 14.9. The quantitative estimate of drug-likeness (QED) is 0.435. The second-order valence-corrected chi connectivity index (χ2v) is 6.90. The number of rotatable bonds is 4. The first-order valence-corrected chi connectivity index (χ1v) is 9.25. The maximum atomic E-state index is 14.9. The number of aromatic nitrogens is 6. The van der Waals surface area contributed by atoms with Crippen molar-refractivity contribution in [2.75, 3.05) is 18.4 Å². The zero-order valence-corrected chi connectivity index (χ0v) is 15.0. The second kappa shape index (κ2) is 7.01. The minimum Gasteiger partial charge on any atom is -0.366 e. The van der Waals surface area contributed by atoms with Crippen LogP contribution in [0.4, 0.5) is 10.2 Å². The van der Waals surface area contributed by atoms with Gasteiger partial charge >= 0.3 is 0 Å². The molecule has 1 fully saturated rings. The highest BCUT2D eigenvalue weighted by molar-refractivity contribution is 6.02. The molecule has 0 bridgehead atoms. The van der Waals surface area contributed by atoms with Crippen LogP contribution in [-0.4, -0.2) is 49.7 Å². The van der Waals surface area contributed by atoms with Gasteiger partial charge in [-0.1, -0.05) is 0 Å². The number of anilines is 1. The van der Waals surface area contributed by atoms with E-state index < -0.39 is 0 Å². The first-order chi connectivity index (χ1) is 13.8. The summed E-state index contributed by atoms with van der Waals surface area (Å²) in [6.45, 7) is 2.01. The fraction of sp³-hybridized carbons (Fsp3) is 0.263. The van der Waals surface area contributed by atoms with E-state index in [1.807, 2.05) is 12.1 Å². The number of H-pyrrole nitrogens is 2. The van der Waals surface area contributed by atoms with Gasteiger partial charge in [0.2, 0.25) is 0 Å². The summed E-state index contributed by atoms with van der Waals surface area (Å²) in [5, 5.41) is 29.7. The van der Waals surface area contributed by atoms with Crippen LogP contribution in [0.2, 0.25) is 0 Å². The van der Waals surface area contributed by atoms with E-state index in [1.165, 1.54) is 6.07 Å². The number of hydrogen-bond donors (Lipinski definition) is 4. The van der Waals surface area contributed by atoms with Crippen LogP contribution in [0.25, 0.3) is 33.3 Å². The first-order valence-electron chi connectivity index (χ1n) is 9.25. The van der Waals surface area contributed by atoms with Crippen LogP contribution in [0, 0.1) is 5.82 Å². The van der Waals surface area contributed by atoms with Crippen molar-refractivity contribution in [3.63, 3.8) is 0 Å². The van der Waals surface area contributed by atoms with Gasteiger partial charge in [-0.2, -0.15) is 10.2 Å². The molecule has 4 heterocycles. The fourth-order valence-electron chi connectivity index (χ4n) is 3.69. The lowest BCUT2D eigenvalue weighted by Gasteiger charge is -2.23. The second-order valence-electron chi connectivity index (χ2n) is 6.90. The summed E-state index contributed by atoms with van der Waals surface area (Å²) in [4.78, 5) is 0. The minimum atomic E-state index is -0.357. The molecule has 1 aliphatic rings. The smallest absolute Gasteiger partial charge is 0.148 e. The average molecular weight is 378 g/mol. The molecule has 1 saturated heterocycles. The van der Waals surface area contributed by atoms with Gasteiger partial charge in [0.05, 0.1) is 23.6 Å². The standard InChI is InChI=1S/C19H19FN8/c20-15-7-13(19-14(10-24-28-19)18(15)11-8-22-23-9-11)16-1-2-17(27-26-16)25-12-3-5-21-6-4-12/h1-2,7-10,12,21H,3-6H2,(H,22,23)(H,24,28)(H,25,27). The van der Waals surface area contributed by atoms with Crippen molar-refractivity contribution < 1.29 is 4.39 Å². The van der Waals surface area contributed by atoms with Crippen molar-refractivity contribution in [1.29, 1.82) is 0 Å². The van der Waals surface area contributed by atoms with Crippen LogP contribution < -0.4 is 10.6 Å². The summed E-state index contributed by atoms with van der Waals surface area (Å²) in [5.41, 5.74) is 3.05. The Morgan fingerprint density at radius 3 is 2.71 bits per heavy atom. The number of fused-ring (bicyclic) bond motifs is 1. The van der Waals surface area contributed by atoms with E-state index in [1.54, 1.807) is 18.6 Å². The predicted octanol–water partition coefficient (Wildman–Crippen LogP) is 2.71. The minimum absolute atomic E-state index is 0.357. The monoisotopic (exact) mass is 378 g/mol. The summed E-state index contributed by atoms with van der Waals surface area (Å²) in [6, 6.07) is 5.59. The third-order valence-corrected chi connectivity index (χ3v) is 5.11. The van der Waals surface area contributed by atoms with Crippen molar-refractivity contribution in [2.45, 2.75) is 18.9 Å². The molecule has 142 valence electrons. The molecule has 0 aliphatic carbocycles. The highest BCUT2D eigenvalue weighted by atomic mass is 19.1. The number of hydrogen-bond acceptors (Lipinski definition) is 6. The molecule has 8 nitrogen and oxygen atoms in total. The largest absolute Gasteiger partial charge is 0.366 e. The maximum Gasteiger partial charge on any atom is 0.148 e. The number of nitrogens with zero attached hydrogens (tertiary/aromatic N) is 4. The molecule has 0 radical (unpaired) electrons. The molecule has 1 aliphatic heterocycles. The molecule has 3 aromatic heterocycles. The molecule has 9 heteroatoms. The lowest BCUT2D eigenvalue weighted by Crippen LogP contribution is -2.35. The van der Waals surface area contributed by atoms with E-state index in [0.29, 0.717) is 39.3 Å². The number of halogens is 1. The molecule has 5 rings (SSSR count). The number of piperidine rings is 1. The Labute approximate surface area is 160 Å². The van der Waals surface area contributed by atoms with Crippen LogP contribution in [0.1, 0.15) is 12.8 Å². The third kappa shape index (κ3) is 2.99. The van der Waals surface area contributed by atoms with Crippen molar-refractivity contribution >= 4 is 16.7 Å². The topological polar surface area (TPSA) is 107 Å². The Kier molecular flexibility index (Phi) is 4.21. The van der Waals surface area contributed by atoms with Crippen molar-refractivity contribution in [3.8, 4) is 22.4 Å². The van der Waals surface area contributed by atoms with Gasteiger partial charge in [-0.05, 0) is 44.1 Å². The molecule has 0 amide bonds. The van der Waals surface area contributed by atoms with Gasteiger partial charge in [-0.3, -0.25) is 10.2 Å². The SMILES string of the molecule is Fc1cc(-c2ccc(NC3CCNCC3)nn2)c2[nH]ncc2c1-c1cn[nH]c1. The zero-order chi connectivity index (χ0) is 18.9. The zero-order valence-electron chi connectivity index (χ0n) is 15.0. The highest BCUT2D eigenvalue weighted by Gasteiger charge is 2.19. The van der Waals surface area contributed by atoms with Crippen molar-refractivity contribution in [3.05, 3.63) is 42.6 Å². The van der Waals surface area contributed by atoms with Crippen LogP contribution in [0.5, 0.6) is 0 Å².